The van der Waals surface area contributed by atoms with Crippen LogP contribution in [0, 0.1) is 5.92 Å². The summed E-state index contributed by atoms with van der Waals surface area (Å²) in [5.74, 6) is 0.306. The predicted molar refractivity (Wildman–Crippen MR) is 90.5 cm³/mol. The van der Waals surface area contributed by atoms with E-state index in [1.54, 1.807) is 0 Å². The first-order chi connectivity index (χ1) is 10.6. The first kappa shape index (κ1) is 17.0. The summed E-state index contributed by atoms with van der Waals surface area (Å²) in [6.45, 7) is 7.80. The number of amides is 1. The number of piperidine rings is 1. The Labute approximate surface area is 134 Å². The van der Waals surface area contributed by atoms with E-state index in [0.717, 1.165) is 32.5 Å². The second kappa shape index (κ2) is 8.30. The Hall–Kier alpha value is -1.39. The summed E-state index contributed by atoms with van der Waals surface area (Å²) >= 11 is 0. The Morgan fingerprint density at radius 2 is 2.18 bits per heavy atom. The van der Waals surface area contributed by atoms with Crippen molar-refractivity contribution < 1.29 is 4.79 Å². The number of benzene rings is 1. The zero-order valence-corrected chi connectivity index (χ0v) is 14.1. The van der Waals surface area contributed by atoms with Crippen molar-refractivity contribution in [2.24, 2.45) is 5.92 Å². The van der Waals surface area contributed by atoms with Crippen molar-refractivity contribution in [3.8, 4) is 0 Å². The van der Waals surface area contributed by atoms with Crippen LogP contribution in [0.4, 0.5) is 0 Å². The van der Waals surface area contributed by atoms with Gasteiger partial charge >= 0.3 is 0 Å². The second-order valence-electron chi connectivity index (χ2n) is 6.59. The molecule has 1 saturated heterocycles. The number of carbonyl (C=O) groups excluding carboxylic acids is 1. The lowest BCUT2D eigenvalue weighted by Crippen LogP contribution is -2.40. The minimum absolute atomic E-state index is 0.129. The highest BCUT2D eigenvalue weighted by molar-refractivity contribution is 5.78. The van der Waals surface area contributed by atoms with E-state index >= 15 is 0 Å². The molecule has 1 unspecified atom stereocenters. The summed E-state index contributed by atoms with van der Waals surface area (Å²) in [6, 6.07) is 9.03. The third-order valence-corrected chi connectivity index (χ3v) is 4.44. The van der Waals surface area contributed by atoms with Gasteiger partial charge in [-0.15, -0.1) is 0 Å². The van der Waals surface area contributed by atoms with E-state index in [0.29, 0.717) is 12.6 Å². The summed E-state index contributed by atoms with van der Waals surface area (Å²) in [6.07, 6.45) is 2.09. The molecular weight excluding hydrogens is 274 g/mol. The van der Waals surface area contributed by atoms with Crippen LogP contribution in [0.3, 0.4) is 0 Å². The maximum Gasteiger partial charge on any atom is 0.224 e. The summed E-state index contributed by atoms with van der Waals surface area (Å²) in [7, 11) is 2.13. The normalized spacial score (nSPS) is 18.7. The van der Waals surface area contributed by atoms with Crippen LogP contribution in [0.1, 0.15) is 37.8 Å². The topological polar surface area (TPSA) is 44.4 Å². The molecule has 0 saturated carbocycles. The van der Waals surface area contributed by atoms with E-state index in [4.69, 9.17) is 0 Å². The van der Waals surface area contributed by atoms with Gasteiger partial charge < -0.3 is 10.6 Å². The Kier molecular flexibility index (Phi) is 6.40. The molecule has 0 bridgehead atoms. The Balaban J connectivity index is 1.86. The molecule has 2 N–H and O–H groups in total. The van der Waals surface area contributed by atoms with Gasteiger partial charge in [0.1, 0.15) is 0 Å². The van der Waals surface area contributed by atoms with Crippen molar-refractivity contribution in [1.82, 2.24) is 15.5 Å². The van der Waals surface area contributed by atoms with Gasteiger partial charge in [-0.3, -0.25) is 9.69 Å². The van der Waals surface area contributed by atoms with Crippen molar-refractivity contribution in [2.75, 3.05) is 20.1 Å². The Morgan fingerprint density at radius 1 is 1.41 bits per heavy atom. The van der Waals surface area contributed by atoms with Gasteiger partial charge in [-0.2, -0.15) is 0 Å². The van der Waals surface area contributed by atoms with Crippen LogP contribution >= 0.6 is 0 Å². The maximum absolute atomic E-state index is 12.2. The van der Waals surface area contributed by atoms with E-state index in [9.17, 15) is 4.79 Å². The first-order valence-electron chi connectivity index (χ1n) is 8.32. The van der Waals surface area contributed by atoms with Crippen LogP contribution in [0.2, 0.25) is 0 Å². The molecule has 1 aromatic rings. The van der Waals surface area contributed by atoms with Crippen LogP contribution in [-0.4, -0.2) is 37.0 Å². The molecular formula is C18H29N3O. The molecule has 1 aromatic carbocycles. The van der Waals surface area contributed by atoms with Crippen molar-refractivity contribution >= 4 is 5.91 Å². The van der Waals surface area contributed by atoms with Gasteiger partial charge in [-0.05, 0) is 51.4 Å². The zero-order valence-electron chi connectivity index (χ0n) is 14.1. The van der Waals surface area contributed by atoms with E-state index in [1.807, 2.05) is 0 Å². The number of hydrogen-bond donors (Lipinski definition) is 2. The number of rotatable bonds is 6. The molecule has 0 radical (unpaired) electrons. The van der Waals surface area contributed by atoms with Crippen LogP contribution < -0.4 is 10.6 Å². The van der Waals surface area contributed by atoms with Gasteiger partial charge in [0.05, 0.1) is 5.92 Å². The molecule has 1 aliphatic heterocycles. The molecule has 1 fully saturated rings. The van der Waals surface area contributed by atoms with Crippen LogP contribution in [0.5, 0.6) is 0 Å². The van der Waals surface area contributed by atoms with Crippen molar-refractivity contribution in [3.63, 3.8) is 0 Å². The highest BCUT2D eigenvalue weighted by atomic mass is 16.1. The van der Waals surface area contributed by atoms with E-state index in [-0.39, 0.29) is 11.8 Å². The van der Waals surface area contributed by atoms with Gasteiger partial charge in [-0.25, -0.2) is 0 Å². The lowest BCUT2D eigenvalue weighted by Gasteiger charge is -2.22. The Bertz CT molecular complexity index is 481. The quantitative estimate of drug-likeness (QED) is 0.846. The lowest BCUT2D eigenvalue weighted by atomic mass is 9.99. The minimum atomic E-state index is 0.129. The summed E-state index contributed by atoms with van der Waals surface area (Å²) in [5.41, 5.74) is 2.47. The fourth-order valence-corrected chi connectivity index (χ4v) is 2.72. The maximum atomic E-state index is 12.2. The average Bonchev–Trinajstić information content (AvgIpc) is 2.53. The first-order valence-corrected chi connectivity index (χ1v) is 8.32. The van der Waals surface area contributed by atoms with Gasteiger partial charge in [-0.1, -0.05) is 24.3 Å². The van der Waals surface area contributed by atoms with Crippen LogP contribution in [0.15, 0.2) is 24.3 Å². The number of carbonyl (C=O) groups is 1. The number of nitrogens with zero attached hydrogens (tertiary/aromatic N) is 1. The van der Waals surface area contributed by atoms with E-state index < -0.39 is 0 Å². The SMILES string of the molecule is CC(C)N(C)Cc1cccc(CNC(=O)C2CCCNC2)c1. The summed E-state index contributed by atoms with van der Waals surface area (Å²) < 4.78 is 0. The largest absolute Gasteiger partial charge is 0.352 e. The molecule has 22 heavy (non-hydrogen) atoms. The van der Waals surface area contributed by atoms with E-state index in [2.05, 4.69) is 60.7 Å². The monoisotopic (exact) mass is 303 g/mol. The highest BCUT2D eigenvalue weighted by Crippen LogP contribution is 2.12. The minimum Gasteiger partial charge on any atom is -0.352 e. The molecule has 4 heteroatoms. The zero-order chi connectivity index (χ0) is 15.9. The Morgan fingerprint density at radius 3 is 2.86 bits per heavy atom. The molecule has 0 aliphatic carbocycles. The molecule has 0 aromatic heterocycles. The lowest BCUT2D eigenvalue weighted by molar-refractivity contribution is -0.125. The van der Waals surface area contributed by atoms with E-state index in [1.165, 1.54) is 11.1 Å². The standard InChI is InChI=1S/C18H29N3O/c1-14(2)21(3)13-16-7-4-6-15(10-16)11-20-18(22)17-8-5-9-19-12-17/h4,6-7,10,14,17,19H,5,8-9,11-13H2,1-3H3,(H,20,22). The van der Waals surface area contributed by atoms with Gasteiger partial charge in [0.2, 0.25) is 5.91 Å². The summed E-state index contributed by atoms with van der Waals surface area (Å²) in [5, 5.41) is 6.37. The fourth-order valence-electron chi connectivity index (χ4n) is 2.72. The highest BCUT2D eigenvalue weighted by Gasteiger charge is 2.20. The predicted octanol–water partition coefficient (Wildman–Crippen LogP) is 2.14. The molecule has 1 heterocycles. The number of nitrogens with one attached hydrogen (secondary N) is 2. The molecule has 0 spiro atoms. The second-order valence-corrected chi connectivity index (χ2v) is 6.59. The molecule has 122 valence electrons. The third-order valence-electron chi connectivity index (χ3n) is 4.44. The van der Waals surface area contributed by atoms with Crippen molar-refractivity contribution in [1.29, 1.82) is 0 Å². The fraction of sp³-hybridized carbons (Fsp3) is 0.611. The van der Waals surface area contributed by atoms with Gasteiger partial charge in [0, 0.05) is 25.7 Å². The molecule has 2 rings (SSSR count). The van der Waals surface area contributed by atoms with Gasteiger partial charge in [0.15, 0.2) is 0 Å². The van der Waals surface area contributed by atoms with Gasteiger partial charge in [0.25, 0.3) is 0 Å². The third kappa shape index (κ3) is 5.11. The molecule has 1 amide bonds. The molecule has 1 atom stereocenters. The number of hydrogen-bond acceptors (Lipinski definition) is 3. The van der Waals surface area contributed by atoms with Crippen molar-refractivity contribution in [2.45, 2.75) is 45.8 Å². The summed E-state index contributed by atoms with van der Waals surface area (Å²) in [4.78, 5) is 14.5. The van der Waals surface area contributed by atoms with Crippen LogP contribution in [0.25, 0.3) is 0 Å². The average molecular weight is 303 g/mol. The molecule has 4 nitrogen and oxygen atoms in total. The smallest absolute Gasteiger partial charge is 0.224 e. The molecule has 1 aliphatic rings. The van der Waals surface area contributed by atoms with Crippen LogP contribution in [-0.2, 0) is 17.9 Å². The van der Waals surface area contributed by atoms with Crippen molar-refractivity contribution in [3.05, 3.63) is 35.4 Å².